The maximum absolute atomic E-state index is 14.3. The summed E-state index contributed by atoms with van der Waals surface area (Å²) >= 11 is 0. The number of hydrogen-bond acceptors (Lipinski definition) is 5. The molecule has 2 aromatic rings. The van der Waals surface area contributed by atoms with Crippen LogP contribution in [-0.4, -0.2) is 59.9 Å². The Hall–Kier alpha value is -3.19. The lowest BCUT2D eigenvalue weighted by molar-refractivity contribution is -0.140. The van der Waals surface area contributed by atoms with Crippen LogP contribution < -0.4 is 4.74 Å². The third-order valence-electron chi connectivity index (χ3n) is 6.21. The first-order valence-electron chi connectivity index (χ1n) is 10.8. The molecule has 2 fully saturated rings. The van der Waals surface area contributed by atoms with Crippen molar-refractivity contribution in [2.75, 3.05) is 33.3 Å². The van der Waals surface area contributed by atoms with Gasteiger partial charge in [0, 0.05) is 18.7 Å². The Labute approximate surface area is 186 Å². The molecule has 2 saturated heterocycles. The van der Waals surface area contributed by atoms with Gasteiger partial charge >= 0.3 is 0 Å². The molecule has 0 radical (unpaired) electrons. The van der Waals surface area contributed by atoms with Gasteiger partial charge in [-0.3, -0.25) is 9.59 Å². The van der Waals surface area contributed by atoms with Crippen molar-refractivity contribution in [1.29, 1.82) is 0 Å². The standard InChI is InChI=1S/C25H27FN2O4/c1-16-5-7-17(8-6-16)22-21(23(29)18-9-10-20(32-2)19(26)15-18)24(30)25(31)28(22)14-13-27-11-3-4-12-27/h5-10,15,22,29H,3-4,11-14H2,1-2H3/b23-21+. The Balaban J connectivity index is 1.76. The number of carbonyl (C=O) groups excluding carboxylic acids is 2. The van der Waals surface area contributed by atoms with Crippen LogP contribution in [0.5, 0.6) is 5.75 Å². The number of rotatable bonds is 6. The fourth-order valence-electron chi connectivity index (χ4n) is 4.43. The molecule has 1 amide bonds. The van der Waals surface area contributed by atoms with E-state index in [9.17, 15) is 19.1 Å². The topological polar surface area (TPSA) is 70.1 Å². The van der Waals surface area contributed by atoms with Crippen LogP contribution in [0.1, 0.15) is 35.6 Å². The summed E-state index contributed by atoms with van der Waals surface area (Å²) < 4.78 is 19.2. The van der Waals surface area contributed by atoms with Crippen molar-refractivity contribution < 1.29 is 23.8 Å². The number of aliphatic hydroxyl groups is 1. The maximum Gasteiger partial charge on any atom is 0.295 e. The number of amides is 1. The highest BCUT2D eigenvalue weighted by atomic mass is 19.1. The highest BCUT2D eigenvalue weighted by molar-refractivity contribution is 6.46. The first-order chi connectivity index (χ1) is 15.4. The lowest BCUT2D eigenvalue weighted by Crippen LogP contribution is -2.37. The third-order valence-corrected chi connectivity index (χ3v) is 6.21. The van der Waals surface area contributed by atoms with Gasteiger partial charge in [0.05, 0.1) is 18.7 Å². The van der Waals surface area contributed by atoms with Gasteiger partial charge in [-0.05, 0) is 56.6 Å². The zero-order valence-corrected chi connectivity index (χ0v) is 18.3. The van der Waals surface area contributed by atoms with Crippen LogP contribution in [0.15, 0.2) is 48.0 Å². The molecule has 0 bridgehead atoms. The van der Waals surface area contributed by atoms with Gasteiger partial charge in [-0.1, -0.05) is 29.8 Å². The average molecular weight is 438 g/mol. The molecule has 2 aliphatic heterocycles. The van der Waals surface area contributed by atoms with Crippen LogP contribution in [0.3, 0.4) is 0 Å². The summed E-state index contributed by atoms with van der Waals surface area (Å²) in [5, 5.41) is 11.0. The van der Waals surface area contributed by atoms with Gasteiger partial charge in [0.2, 0.25) is 0 Å². The number of nitrogens with zero attached hydrogens (tertiary/aromatic N) is 2. The third kappa shape index (κ3) is 4.12. The number of Topliss-reactive ketones (excluding diaryl/α,β-unsaturated/α-hetero) is 1. The highest BCUT2D eigenvalue weighted by Gasteiger charge is 2.46. The van der Waals surface area contributed by atoms with E-state index in [0.717, 1.165) is 43.1 Å². The second-order valence-corrected chi connectivity index (χ2v) is 8.30. The normalized spacial score (nSPS) is 20.8. The SMILES string of the molecule is COc1ccc(/C(O)=C2\C(=O)C(=O)N(CCN3CCCC3)C2c2ccc(C)cc2)cc1F. The monoisotopic (exact) mass is 438 g/mol. The number of benzene rings is 2. The minimum atomic E-state index is -0.759. The summed E-state index contributed by atoms with van der Waals surface area (Å²) in [6.45, 7) is 4.94. The van der Waals surface area contributed by atoms with Gasteiger partial charge in [0.1, 0.15) is 5.76 Å². The predicted octanol–water partition coefficient (Wildman–Crippen LogP) is 3.66. The number of ether oxygens (including phenoxy) is 1. The van der Waals surface area contributed by atoms with Crippen LogP contribution >= 0.6 is 0 Å². The Morgan fingerprint density at radius 1 is 1.09 bits per heavy atom. The van der Waals surface area contributed by atoms with Crippen molar-refractivity contribution in [3.8, 4) is 5.75 Å². The Kier molecular flexibility index (Phi) is 6.28. The molecule has 1 unspecified atom stereocenters. The van der Waals surface area contributed by atoms with E-state index in [2.05, 4.69) is 4.90 Å². The number of aliphatic hydroxyl groups excluding tert-OH is 1. The molecule has 32 heavy (non-hydrogen) atoms. The molecule has 7 heteroatoms. The first-order valence-corrected chi connectivity index (χ1v) is 10.8. The van der Waals surface area contributed by atoms with E-state index >= 15 is 0 Å². The molecule has 1 N–H and O–H groups in total. The van der Waals surface area contributed by atoms with Gasteiger partial charge in [-0.15, -0.1) is 0 Å². The minimum Gasteiger partial charge on any atom is -0.507 e. The van der Waals surface area contributed by atoms with Gasteiger partial charge < -0.3 is 19.6 Å². The maximum atomic E-state index is 14.3. The van der Waals surface area contributed by atoms with Crippen LogP contribution in [0.25, 0.3) is 5.76 Å². The largest absolute Gasteiger partial charge is 0.507 e. The second-order valence-electron chi connectivity index (χ2n) is 8.30. The first kappa shape index (κ1) is 22.0. The smallest absolute Gasteiger partial charge is 0.295 e. The van der Waals surface area contributed by atoms with Crippen LogP contribution in [0, 0.1) is 12.7 Å². The number of halogens is 1. The van der Waals surface area contributed by atoms with E-state index in [1.54, 1.807) is 0 Å². The summed E-state index contributed by atoms with van der Waals surface area (Å²) in [5.74, 6) is -2.43. The van der Waals surface area contributed by atoms with Crippen molar-refractivity contribution in [2.24, 2.45) is 0 Å². The van der Waals surface area contributed by atoms with Crippen molar-refractivity contribution in [2.45, 2.75) is 25.8 Å². The fraction of sp³-hybridized carbons (Fsp3) is 0.360. The molecule has 2 aliphatic rings. The van der Waals surface area contributed by atoms with Gasteiger partial charge in [-0.25, -0.2) is 4.39 Å². The molecule has 0 saturated carbocycles. The fourth-order valence-corrected chi connectivity index (χ4v) is 4.43. The molecule has 0 spiro atoms. The molecule has 0 aliphatic carbocycles. The van der Waals surface area contributed by atoms with Crippen molar-refractivity contribution in [1.82, 2.24) is 9.80 Å². The number of aryl methyl sites for hydroxylation is 1. The summed E-state index contributed by atoms with van der Waals surface area (Å²) in [4.78, 5) is 29.8. The number of hydrogen-bond donors (Lipinski definition) is 1. The summed E-state index contributed by atoms with van der Waals surface area (Å²) in [7, 11) is 1.35. The summed E-state index contributed by atoms with van der Waals surface area (Å²) in [6, 6.07) is 10.8. The molecule has 168 valence electrons. The molecule has 1 atom stereocenters. The molecular weight excluding hydrogens is 411 g/mol. The Morgan fingerprint density at radius 3 is 2.41 bits per heavy atom. The highest BCUT2D eigenvalue weighted by Crippen LogP contribution is 2.39. The molecule has 0 aromatic heterocycles. The lowest BCUT2D eigenvalue weighted by atomic mass is 9.94. The Morgan fingerprint density at radius 2 is 1.78 bits per heavy atom. The van der Waals surface area contributed by atoms with E-state index < -0.39 is 23.5 Å². The lowest BCUT2D eigenvalue weighted by Gasteiger charge is -2.27. The summed E-state index contributed by atoms with van der Waals surface area (Å²) in [5.41, 5.74) is 1.87. The average Bonchev–Trinajstić information content (AvgIpc) is 3.39. The van der Waals surface area contributed by atoms with Gasteiger partial charge in [0.15, 0.2) is 11.6 Å². The van der Waals surface area contributed by atoms with Crippen molar-refractivity contribution in [3.05, 3.63) is 70.5 Å². The Bertz CT molecular complexity index is 1060. The minimum absolute atomic E-state index is 0.0233. The molecule has 6 nitrogen and oxygen atoms in total. The number of ketones is 1. The second kappa shape index (κ2) is 9.12. The predicted molar refractivity (Wildman–Crippen MR) is 119 cm³/mol. The zero-order valence-electron chi connectivity index (χ0n) is 18.3. The van der Waals surface area contributed by atoms with Crippen LogP contribution in [-0.2, 0) is 9.59 Å². The van der Waals surface area contributed by atoms with E-state index in [1.165, 1.54) is 24.1 Å². The summed E-state index contributed by atoms with van der Waals surface area (Å²) in [6.07, 6.45) is 2.26. The van der Waals surface area contributed by atoms with Crippen LogP contribution in [0.2, 0.25) is 0 Å². The van der Waals surface area contributed by atoms with E-state index in [4.69, 9.17) is 4.74 Å². The van der Waals surface area contributed by atoms with E-state index in [1.807, 2.05) is 31.2 Å². The van der Waals surface area contributed by atoms with Crippen molar-refractivity contribution >= 4 is 17.4 Å². The van der Waals surface area contributed by atoms with Crippen molar-refractivity contribution in [3.63, 3.8) is 0 Å². The van der Waals surface area contributed by atoms with Gasteiger partial charge in [0.25, 0.3) is 11.7 Å². The molecule has 2 aromatic carbocycles. The number of methoxy groups -OCH3 is 1. The van der Waals surface area contributed by atoms with E-state index in [-0.39, 0.29) is 22.6 Å². The number of carbonyl (C=O) groups is 2. The molecule has 2 heterocycles. The molecule has 4 rings (SSSR count). The molecular formula is C25H27FN2O4. The zero-order chi connectivity index (χ0) is 22.8. The van der Waals surface area contributed by atoms with Crippen LogP contribution in [0.4, 0.5) is 4.39 Å². The number of likely N-dealkylation sites (tertiary alicyclic amines) is 2. The quantitative estimate of drug-likeness (QED) is 0.424. The van der Waals surface area contributed by atoms with Gasteiger partial charge in [-0.2, -0.15) is 0 Å². The van der Waals surface area contributed by atoms with E-state index in [0.29, 0.717) is 13.1 Å².